The van der Waals surface area contributed by atoms with E-state index in [0.717, 1.165) is 77.6 Å². The Morgan fingerprint density at radius 2 is 1.68 bits per heavy atom. The van der Waals surface area contributed by atoms with Crippen LogP contribution in [0.25, 0.3) is 0 Å². The van der Waals surface area contributed by atoms with Crippen LogP contribution in [-0.4, -0.2) is 85.5 Å². The highest BCUT2D eigenvalue weighted by molar-refractivity contribution is 5.80. The molecule has 6 nitrogen and oxygen atoms in total. The topological polar surface area (TPSA) is 51.2 Å². The second-order valence-electron chi connectivity index (χ2n) is 7.82. The van der Waals surface area contributed by atoms with Gasteiger partial charge in [0.05, 0.1) is 6.54 Å². The minimum absolute atomic E-state index is 0.296. The molecule has 0 aromatic heterocycles. The molecule has 0 spiro atoms. The fraction of sp³-hybridized carbons (Fsp3) is 0.636. The molecule has 2 heterocycles. The lowest BCUT2D eigenvalue weighted by Crippen LogP contribution is -2.54. The number of hydrogen-bond acceptors (Lipinski definition) is 3. The summed E-state index contributed by atoms with van der Waals surface area (Å²) in [7, 11) is 0. The highest BCUT2D eigenvalue weighted by atomic mass is 16.2. The minimum atomic E-state index is 0.296. The van der Waals surface area contributed by atoms with E-state index >= 15 is 0 Å². The summed E-state index contributed by atoms with van der Waals surface area (Å²) in [6.07, 6.45) is 3.27. The van der Waals surface area contributed by atoms with E-state index in [0.29, 0.717) is 12.5 Å². The van der Waals surface area contributed by atoms with Gasteiger partial charge in [0.25, 0.3) is 0 Å². The van der Waals surface area contributed by atoms with Gasteiger partial charge in [-0.15, -0.1) is 0 Å². The summed E-state index contributed by atoms with van der Waals surface area (Å²) in [5.74, 6) is 1.30. The van der Waals surface area contributed by atoms with Crippen molar-refractivity contribution in [3.8, 4) is 0 Å². The molecule has 2 fully saturated rings. The van der Waals surface area contributed by atoms with Crippen LogP contribution in [0.4, 0.5) is 0 Å². The van der Waals surface area contributed by atoms with Crippen LogP contribution in [0.2, 0.25) is 0 Å². The number of carbonyl (C=O) groups excluding carboxylic acids is 1. The predicted octanol–water partition coefficient (Wildman–Crippen LogP) is 1.74. The molecule has 1 N–H and O–H groups in total. The zero-order chi connectivity index (χ0) is 19.8. The number of piperazine rings is 1. The molecule has 2 aliphatic heterocycles. The van der Waals surface area contributed by atoms with Crippen molar-refractivity contribution in [3.05, 3.63) is 35.4 Å². The molecule has 154 valence electrons. The van der Waals surface area contributed by atoms with E-state index in [4.69, 9.17) is 4.99 Å². The van der Waals surface area contributed by atoms with Crippen LogP contribution in [0.3, 0.4) is 0 Å². The van der Waals surface area contributed by atoms with Crippen molar-refractivity contribution in [2.24, 2.45) is 4.99 Å². The quantitative estimate of drug-likeness (QED) is 0.599. The van der Waals surface area contributed by atoms with E-state index in [1.807, 2.05) is 4.90 Å². The van der Waals surface area contributed by atoms with E-state index in [9.17, 15) is 4.79 Å². The van der Waals surface area contributed by atoms with Crippen LogP contribution >= 0.6 is 0 Å². The van der Waals surface area contributed by atoms with Gasteiger partial charge in [0.2, 0.25) is 5.91 Å². The number of carbonyl (C=O) groups is 1. The highest BCUT2D eigenvalue weighted by Gasteiger charge is 2.24. The molecule has 0 saturated carbocycles. The third kappa shape index (κ3) is 5.96. The van der Waals surface area contributed by atoms with Gasteiger partial charge in [0.15, 0.2) is 5.96 Å². The molecule has 1 aromatic carbocycles. The first kappa shape index (κ1) is 20.6. The van der Waals surface area contributed by atoms with E-state index in [2.05, 4.69) is 53.2 Å². The first-order valence-electron chi connectivity index (χ1n) is 10.7. The Bertz CT molecular complexity index is 643. The first-order chi connectivity index (χ1) is 13.7. The Balaban J connectivity index is 1.46. The third-order valence-electron chi connectivity index (χ3n) is 5.61. The van der Waals surface area contributed by atoms with Crippen molar-refractivity contribution in [1.29, 1.82) is 0 Å². The smallest absolute Gasteiger partial charge is 0.236 e. The Hall–Kier alpha value is -2.08. The third-order valence-corrected chi connectivity index (χ3v) is 5.61. The number of amides is 1. The largest absolute Gasteiger partial charge is 0.357 e. The first-order valence-corrected chi connectivity index (χ1v) is 10.7. The lowest BCUT2D eigenvalue weighted by Gasteiger charge is -2.36. The van der Waals surface area contributed by atoms with Crippen LogP contribution in [0.5, 0.6) is 0 Å². The predicted molar refractivity (Wildman–Crippen MR) is 115 cm³/mol. The molecule has 2 aliphatic rings. The summed E-state index contributed by atoms with van der Waals surface area (Å²) in [6, 6.07) is 8.70. The van der Waals surface area contributed by atoms with Crippen molar-refractivity contribution in [2.45, 2.75) is 33.1 Å². The summed E-state index contributed by atoms with van der Waals surface area (Å²) in [5, 5.41) is 3.43. The number of nitrogens with one attached hydrogen (secondary N) is 1. The van der Waals surface area contributed by atoms with E-state index in [1.165, 1.54) is 11.1 Å². The van der Waals surface area contributed by atoms with E-state index < -0.39 is 0 Å². The van der Waals surface area contributed by atoms with Crippen LogP contribution in [0.1, 0.15) is 30.9 Å². The van der Waals surface area contributed by atoms with Gasteiger partial charge in [0, 0.05) is 52.4 Å². The minimum Gasteiger partial charge on any atom is -0.357 e. The molecule has 0 aliphatic carbocycles. The second-order valence-corrected chi connectivity index (χ2v) is 7.82. The van der Waals surface area contributed by atoms with Gasteiger partial charge < -0.3 is 15.1 Å². The lowest BCUT2D eigenvalue weighted by atomic mass is 10.1. The van der Waals surface area contributed by atoms with Crippen LogP contribution in [-0.2, 0) is 11.2 Å². The van der Waals surface area contributed by atoms with Crippen molar-refractivity contribution in [1.82, 2.24) is 20.0 Å². The Labute approximate surface area is 169 Å². The molecule has 1 amide bonds. The molecular weight excluding hydrogens is 350 g/mol. The number of rotatable bonds is 6. The van der Waals surface area contributed by atoms with Crippen molar-refractivity contribution < 1.29 is 4.79 Å². The van der Waals surface area contributed by atoms with Crippen molar-refractivity contribution in [3.63, 3.8) is 0 Å². The van der Waals surface area contributed by atoms with Gasteiger partial charge in [-0.1, -0.05) is 29.8 Å². The molecule has 1 aromatic rings. The van der Waals surface area contributed by atoms with Crippen LogP contribution in [0.15, 0.2) is 29.3 Å². The number of hydrogen-bond donors (Lipinski definition) is 1. The molecule has 0 unspecified atom stereocenters. The maximum absolute atomic E-state index is 12.4. The fourth-order valence-corrected chi connectivity index (χ4v) is 3.85. The van der Waals surface area contributed by atoms with E-state index in [-0.39, 0.29) is 0 Å². The monoisotopic (exact) mass is 385 g/mol. The van der Waals surface area contributed by atoms with Gasteiger partial charge in [-0.3, -0.25) is 14.7 Å². The van der Waals surface area contributed by atoms with Gasteiger partial charge >= 0.3 is 0 Å². The molecule has 3 rings (SSSR count). The van der Waals surface area contributed by atoms with Crippen molar-refractivity contribution in [2.75, 3.05) is 58.9 Å². The zero-order valence-electron chi connectivity index (χ0n) is 17.5. The summed E-state index contributed by atoms with van der Waals surface area (Å²) in [6.45, 7) is 12.0. The molecule has 28 heavy (non-hydrogen) atoms. The number of aryl methyl sites for hydroxylation is 1. The van der Waals surface area contributed by atoms with E-state index in [1.54, 1.807) is 0 Å². The van der Waals surface area contributed by atoms with Crippen LogP contribution < -0.4 is 5.32 Å². The second kappa shape index (κ2) is 10.5. The van der Waals surface area contributed by atoms with Crippen LogP contribution in [0, 0.1) is 6.92 Å². The summed E-state index contributed by atoms with van der Waals surface area (Å²) in [5.41, 5.74) is 2.62. The summed E-state index contributed by atoms with van der Waals surface area (Å²) in [4.78, 5) is 23.8. The fourth-order valence-electron chi connectivity index (χ4n) is 3.85. The molecule has 0 atom stereocenters. The molecular formula is C22H35N5O. The summed E-state index contributed by atoms with van der Waals surface area (Å²) < 4.78 is 0. The zero-order valence-corrected chi connectivity index (χ0v) is 17.5. The lowest BCUT2D eigenvalue weighted by molar-refractivity contribution is -0.131. The maximum atomic E-state index is 12.4. The molecule has 6 heteroatoms. The Kier molecular flexibility index (Phi) is 7.71. The average Bonchev–Trinajstić information content (AvgIpc) is 3.24. The molecule has 2 saturated heterocycles. The highest BCUT2D eigenvalue weighted by Crippen LogP contribution is 2.10. The number of guanidine groups is 1. The molecule has 0 bridgehead atoms. The SMILES string of the molecule is CCNC(=NCCc1ccc(C)cc1)N1CCN(CC(=O)N2CCCC2)CC1. The average molecular weight is 386 g/mol. The molecule has 0 radical (unpaired) electrons. The standard InChI is InChI=1S/C22H35N5O/c1-3-23-22(24-11-10-20-8-6-19(2)7-9-20)27-16-14-25(15-17-27)18-21(28)26-12-4-5-13-26/h6-9H,3-5,10-18H2,1-2H3,(H,23,24). The normalized spacial score (nSPS) is 18.6. The van der Waals surface area contributed by atoms with Gasteiger partial charge in [0.1, 0.15) is 0 Å². The number of nitrogens with zero attached hydrogens (tertiary/aromatic N) is 4. The Morgan fingerprint density at radius 3 is 2.32 bits per heavy atom. The summed E-state index contributed by atoms with van der Waals surface area (Å²) >= 11 is 0. The maximum Gasteiger partial charge on any atom is 0.236 e. The van der Waals surface area contributed by atoms with Gasteiger partial charge in [-0.25, -0.2) is 0 Å². The van der Waals surface area contributed by atoms with Gasteiger partial charge in [-0.2, -0.15) is 0 Å². The number of aliphatic imine (C=N–C) groups is 1. The van der Waals surface area contributed by atoms with Gasteiger partial charge in [-0.05, 0) is 38.7 Å². The van der Waals surface area contributed by atoms with Crippen molar-refractivity contribution >= 4 is 11.9 Å². The Morgan fingerprint density at radius 1 is 1.00 bits per heavy atom. The number of likely N-dealkylation sites (tertiary alicyclic amines) is 1. The number of benzene rings is 1.